The van der Waals surface area contributed by atoms with E-state index >= 15 is 0 Å². The minimum Gasteiger partial charge on any atom is -0.276 e. The highest BCUT2D eigenvalue weighted by Gasteiger charge is 2.24. The molecule has 0 unspecified atom stereocenters. The van der Waals surface area contributed by atoms with Gasteiger partial charge in [-0.3, -0.25) is 8.80 Å². The Kier molecular flexibility index (Phi) is 2.45. The summed E-state index contributed by atoms with van der Waals surface area (Å²) < 4.78 is 14.5. The molecule has 4 aromatic heterocycles. The van der Waals surface area contributed by atoms with E-state index in [1.807, 2.05) is 36.4 Å². The van der Waals surface area contributed by atoms with Crippen LogP contribution in [0.5, 0.6) is 0 Å². The molecule has 0 amide bonds. The van der Waals surface area contributed by atoms with Crippen LogP contribution in [0.2, 0.25) is 0 Å². The van der Waals surface area contributed by atoms with E-state index in [9.17, 15) is 0 Å². The summed E-state index contributed by atoms with van der Waals surface area (Å²) in [4.78, 5) is 9.97. The van der Waals surface area contributed by atoms with Crippen LogP contribution in [0.4, 0.5) is 0 Å². The van der Waals surface area contributed by atoms with E-state index in [-0.39, 0.29) is 0 Å². The molecule has 0 radical (unpaired) electrons. The zero-order valence-corrected chi connectivity index (χ0v) is 16.3. The van der Waals surface area contributed by atoms with E-state index in [2.05, 4.69) is 61.7 Å². The number of benzene rings is 4. The zero-order chi connectivity index (χ0) is 21.0. The summed E-state index contributed by atoms with van der Waals surface area (Å²) in [5.41, 5.74) is 9.61. The molecule has 0 aliphatic rings. The zero-order valence-electron chi connectivity index (χ0n) is 17.3. The Hall–Kier alpha value is -4.38. The Bertz CT molecular complexity index is 1870. The second kappa shape index (κ2) is 5.21. The van der Waals surface area contributed by atoms with Gasteiger partial charge in [0.15, 0.2) is 0 Å². The van der Waals surface area contributed by atoms with Gasteiger partial charge in [0.25, 0.3) is 0 Å². The fraction of sp³-hybridized carbons (Fsp3) is 0. The first kappa shape index (κ1) is 14.6. The number of nitrogens with zero attached hydrogens (tertiary/aromatic N) is 5. The van der Waals surface area contributed by atoms with Gasteiger partial charge in [0, 0.05) is 0 Å². The molecule has 8 aromatic rings. The molecule has 31 heavy (non-hydrogen) atoms. The van der Waals surface area contributed by atoms with Crippen LogP contribution in [0.25, 0.3) is 61.3 Å². The lowest BCUT2D eigenvalue weighted by atomic mass is 10.0. The molecule has 0 saturated heterocycles. The molecule has 144 valence electrons. The Morgan fingerprint density at radius 2 is 1.10 bits per heavy atom. The molecule has 0 spiro atoms. The summed E-state index contributed by atoms with van der Waals surface area (Å²) in [6.45, 7) is 0. The smallest absolute Gasteiger partial charge is 0.223 e. The van der Waals surface area contributed by atoms with Gasteiger partial charge in [-0.25, -0.2) is 14.4 Å². The van der Waals surface area contributed by atoms with Crippen molar-refractivity contribution in [2.45, 2.75) is 0 Å². The summed E-state index contributed by atoms with van der Waals surface area (Å²) in [5, 5.41) is 0. The van der Waals surface area contributed by atoms with Crippen LogP contribution < -0.4 is 0 Å². The van der Waals surface area contributed by atoms with E-state index in [0.717, 1.165) is 61.3 Å². The largest absolute Gasteiger partial charge is 0.276 e. The third kappa shape index (κ3) is 1.78. The molecule has 0 fully saturated rings. The van der Waals surface area contributed by atoms with Crippen molar-refractivity contribution in [1.82, 2.24) is 23.2 Å². The summed E-state index contributed by atoms with van der Waals surface area (Å²) in [6.07, 6.45) is 0. The van der Waals surface area contributed by atoms with Gasteiger partial charge < -0.3 is 0 Å². The summed E-state index contributed by atoms with van der Waals surface area (Å²) in [5.74, 6) is 1.74. The molecular formula is C26H15N5. The van der Waals surface area contributed by atoms with Crippen LogP contribution in [-0.2, 0) is 0 Å². The second-order valence-electron chi connectivity index (χ2n) is 7.96. The predicted molar refractivity (Wildman–Crippen MR) is 124 cm³/mol. The Morgan fingerprint density at radius 1 is 0.548 bits per heavy atom. The average Bonchev–Trinajstić information content (AvgIpc) is 3.53. The SMILES string of the molecule is [2H]c1ccc(-c2cc3c4c(c2)n2c5ccccc5nc2n4c2nc4ccccc4n32)cc1. The molecule has 4 aromatic carbocycles. The van der Waals surface area contributed by atoms with Crippen molar-refractivity contribution < 1.29 is 1.37 Å². The van der Waals surface area contributed by atoms with Crippen molar-refractivity contribution in [3.63, 3.8) is 0 Å². The molecular weight excluding hydrogens is 382 g/mol. The monoisotopic (exact) mass is 398 g/mol. The minimum atomic E-state index is 0.511. The molecule has 8 rings (SSSR count). The lowest BCUT2D eigenvalue weighted by Crippen LogP contribution is -1.88. The van der Waals surface area contributed by atoms with E-state index < -0.39 is 0 Å². The number of hydrogen-bond acceptors (Lipinski definition) is 2. The fourth-order valence-electron chi connectivity index (χ4n) is 5.01. The Morgan fingerprint density at radius 3 is 1.68 bits per heavy atom. The van der Waals surface area contributed by atoms with Gasteiger partial charge in [0.2, 0.25) is 11.6 Å². The summed E-state index contributed by atoms with van der Waals surface area (Å²) in [7, 11) is 0. The first-order valence-corrected chi connectivity index (χ1v) is 10.3. The second-order valence-corrected chi connectivity index (χ2v) is 7.96. The van der Waals surface area contributed by atoms with Crippen LogP contribution in [0, 0.1) is 0 Å². The topological polar surface area (TPSA) is 39.0 Å². The molecule has 0 aliphatic heterocycles. The molecule has 5 heteroatoms. The maximum Gasteiger partial charge on any atom is 0.223 e. The quantitative estimate of drug-likeness (QED) is 0.351. The number of hydrogen-bond donors (Lipinski definition) is 0. The summed E-state index contributed by atoms with van der Waals surface area (Å²) in [6, 6.07) is 29.2. The lowest BCUT2D eigenvalue weighted by molar-refractivity contribution is 1.15. The van der Waals surface area contributed by atoms with E-state index in [4.69, 9.17) is 11.3 Å². The van der Waals surface area contributed by atoms with Gasteiger partial charge in [-0.15, -0.1) is 0 Å². The number of para-hydroxylation sites is 4. The van der Waals surface area contributed by atoms with Crippen molar-refractivity contribution in [2.24, 2.45) is 0 Å². The fourth-order valence-corrected chi connectivity index (χ4v) is 5.01. The maximum atomic E-state index is 7.86. The highest BCUT2D eigenvalue weighted by Crippen LogP contribution is 2.37. The van der Waals surface area contributed by atoms with Crippen LogP contribution >= 0.6 is 0 Å². The van der Waals surface area contributed by atoms with Crippen LogP contribution in [0.15, 0.2) is 91.0 Å². The molecule has 0 saturated carbocycles. The number of aromatic nitrogens is 5. The molecule has 0 N–H and O–H groups in total. The Balaban J connectivity index is 1.67. The third-order valence-corrected chi connectivity index (χ3v) is 6.31. The highest BCUT2D eigenvalue weighted by molar-refractivity contribution is 6.05. The van der Waals surface area contributed by atoms with Crippen LogP contribution in [0.1, 0.15) is 1.37 Å². The van der Waals surface area contributed by atoms with E-state index in [1.54, 1.807) is 0 Å². The molecule has 5 nitrogen and oxygen atoms in total. The predicted octanol–water partition coefficient (Wildman–Crippen LogP) is 5.80. The number of imidazole rings is 4. The van der Waals surface area contributed by atoms with Gasteiger partial charge in [0.05, 0.1) is 34.5 Å². The number of rotatable bonds is 1. The highest BCUT2D eigenvalue weighted by atomic mass is 15.3. The summed E-state index contributed by atoms with van der Waals surface area (Å²) >= 11 is 0. The van der Waals surface area contributed by atoms with Crippen molar-refractivity contribution in [2.75, 3.05) is 0 Å². The lowest BCUT2D eigenvalue weighted by Gasteiger charge is -2.04. The standard InChI is InChI=1S/C26H15N5/c1-2-8-16(9-3-1)17-14-22-24-23(15-17)30-21-13-7-5-11-19(21)28-26(30)31(24)25-27-18-10-4-6-12-20(18)29(22)25/h1-15H/i1D. The average molecular weight is 398 g/mol. The van der Waals surface area contributed by atoms with E-state index in [1.165, 1.54) is 0 Å². The minimum absolute atomic E-state index is 0.511. The number of fused-ring (bicyclic) bond motifs is 10. The molecule has 4 heterocycles. The normalized spacial score (nSPS) is 13.0. The van der Waals surface area contributed by atoms with Crippen molar-refractivity contribution in [3.05, 3.63) is 91.0 Å². The van der Waals surface area contributed by atoms with Gasteiger partial charge in [-0.1, -0.05) is 54.6 Å². The van der Waals surface area contributed by atoms with Crippen LogP contribution in [0.3, 0.4) is 0 Å². The van der Waals surface area contributed by atoms with Gasteiger partial charge in [-0.2, -0.15) is 0 Å². The third-order valence-electron chi connectivity index (χ3n) is 6.31. The maximum absolute atomic E-state index is 7.86. The van der Waals surface area contributed by atoms with Crippen molar-refractivity contribution in [1.29, 1.82) is 0 Å². The van der Waals surface area contributed by atoms with Crippen molar-refractivity contribution in [3.8, 4) is 11.1 Å². The molecule has 0 bridgehead atoms. The van der Waals surface area contributed by atoms with Crippen LogP contribution in [-0.4, -0.2) is 23.2 Å². The van der Waals surface area contributed by atoms with Gasteiger partial charge in [-0.05, 0) is 47.5 Å². The van der Waals surface area contributed by atoms with Crippen molar-refractivity contribution >= 4 is 50.2 Å². The first-order valence-electron chi connectivity index (χ1n) is 10.8. The Labute approximate surface area is 177 Å². The molecule has 0 atom stereocenters. The van der Waals surface area contributed by atoms with Gasteiger partial charge in [0.1, 0.15) is 5.52 Å². The molecule has 0 aliphatic carbocycles. The van der Waals surface area contributed by atoms with Gasteiger partial charge >= 0.3 is 0 Å². The first-order chi connectivity index (χ1) is 15.8. The van der Waals surface area contributed by atoms with E-state index in [0.29, 0.717) is 6.04 Å².